The number of amides is 2. The minimum atomic E-state index is -0.409. The van der Waals surface area contributed by atoms with Crippen molar-refractivity contribution in [3.63, 3.8) is 0 Å². The van der Waals surface area contributed by atoms with Crippen LogP contribution in [0.2, 0.25) is 5.02 Å². The summed E-state index contributed by atoms with van der Waals surface area (Å²) in [5, 5.41) is 3.30. The van der Waals surface area contributed by atoms with Crippen molar-refractivity contribution in [2.75, 3.05) is 6.54 Å². The van der Waals surface area contributed by atoms with Gasteiger partial charge in [0.2, 0.25) is 11.8 Å². The van der Waals surface area contributed by atoms with E-state index in [0.717, 1.165) is 5.56 Å². The molecule has 0 saturated carbocycles. The summed E-state index contributed by atoms with van der Waals surface area (Å²) in [4.78, 5) is 25.2. The monoisotopic (exact) mass is 266 g/mol. The predicted molar refractivity (Wildman–Crippen MR) is 69.1 cm³/mol. The smallest absolute Gasteiger partial charge is 0.245 e. The Labute approximate surface area is 111 Å². The fraction of sp³-hybridized carbons (Fsp3) is 0.385. The first-order chi connectivity index (χ1) is 8.61. The molecule has 0 bridgehead atoms. The molecular weight excluding hydrogens is 252 g/mol. The molecule has 1 aromatic carbocycles. The van der Waals surface area contributed by atoms with Crippen molar-refractivity contribution in [2.45, 2.75) is 25.9 Å². The van der Waals surface area contributed by atoms with Gasteiger partial charge in [0.05, 0.1) is 6.54 Å². The van der Waals surface area contributed by atoms with Crippen LogP contribution in [0.4, 0.5) is 0 Å². The van der Waals surface area contributed by atoms with E-state index in [0.29, 0.717) is 18.0 Å². The Morgan fingerprint density at radius 2 is 2.11 bits per heavy atom. The van der Waals surface area contributed by atoms with Crippen molar-refractivity contribution >= 4 is 23.4 Å². The first kappa shape index (κ1) is 12.9. The van der Waals surface area contributed by atoms with Gasteiger partial charge >= 0.3 is 0 Å². The second-order valence-electron chi connectivity index (χ2n) is 4.31. The molecule has 1 atom stereocenters. The number of carbonyl (C=O) groups excluding carboxylic acids is 2. The van der Waals surface area contributed by atoms with Gasteiger partial charge in [0.1, 0.15) is 6.04 Å². The van der Waals surface area contributed by atoms with Crippen LogP contribution < -0.4 is 5.32 Å². The van der Waals surface area contributed by atoms with E-state index in [9.17, 15) is 9.59 Å². The van der Waals surface area contributed by atoms with E-state index in [1.165, 1.54) is 0 Å². The summed E-state index contributed by atoms with van der Waals surface area (Å²) in [6.45, 7) is 2.35. The van der Waals surface area contributed by atoms with E-state index in [1.54, 1.807) is 11.0 Å². The summed E-state index contributed by atoms with van der Waals surface area (Å²) < 4.78 is 0. The summed E-state index contributed by atoms with van der Waals surface area (Å²) in [6.07, 6.45) is 0.601. The first-order valence-electron chi connectivity index (χ1n) is 5.93. The van der Waals surface area contributed by atoms with Crippen molar-refractivity contribution < 1.29 is 9.59 Å². The number of piperazine rings is 1. The van der Waals surface area contributed by atoms with Gasteiger partial charge in [-0.3, -0.25) is 9.59 Å². The number of nitrogens with one attached hydrogen (secondary N) is 1. The Bertz CT molecular complexity index is 476. The van der Waals surface area contributed by atoms with E-state index in [-0.39, 0.29) is 18.4 Å². The standard InChI is InChI=1S/C13H15ClN2O2/c1-2-11-13(18)16(8-12(17)15-11)7-9-5-3-4-6-10(9)14/h3-6,11H,2,7-8H2,1H3,(H,15,17). The molecule has 2 rings (SSSR count). The quantitative estimate of drug-likeness (QED) is 0.903. The maximum atomic E-state index is 12.1. The molecule has 1 fully saturated rings. The second-order valence-corrected chi connectivity index (χ2v) is 4.72. The molecule has 1 aromatic rings. The Hall–Kier alpha value is -1.55. The van der Waals surface area contributed by atoms with Crippen molar-refractivity contribution in [1.82, 2.24) is 10.2 Å². The van der Waals surface area contributed by atoms with Crippen LogP contribution in [0.3, 0.4) is 0 Å². The fourth-order valence-corrected chi connectivity index (χ4v) is 2.21. The van der Waals surface area contributed by atoms with Crippen molar-refractivity contribution in [3.8, 4) is 0 Å². The third-order valence-electron chi connectivity index (χ3n) is 3.01. The average Bonchev–Trinajstić information content (AvgIpc) is 2.36. The Balaban J connectivity index is 2.15. The molecule has 0 radical (unpaired) electrons. The van der Waals surface area contributed by atoms with Gasteiger partial charge in [0, 0.05) is 11.6 Å². The molecule has 1 aliphatic rings. The number of carbonyl (C=O) groups is 2. The minimum Gasteiger partial charge on any atom is -0.343 e. The molecule has 5 heteroatoms. The highest BCUT2D eigenvalue weighted by molar-refractivity contribution is 6.31. The largest absolute Gasteiger partial charge is 0.343 e. The minimum absolute atomic E-state index is 0.0444. The number of halogens is 1. The third kappa shape index (κ3) is 2.64. The lowest BCUT2D eigenvalue weighted by Crippen LogP contribution is -2.57. The molecule has 0 spiro atoms. The molecule has 1 N–H and O–H groups in total. The van der Waals surface area contributed by atoms with Gasteiger partial charge in [-0.15, -0.1) is 0 Å². The van der Waals surface area contributed by atoms with Gasteiger partial charge in [0.25, 0.3) is 0 Å². The summed E-state index contributed by atoms with van der Waals surface area (Å²) in [5.41, 5.74) is 0.858. The number of hydrogen-bond acceptors (Lipinski definition) is 2. The van der Waals surface area contributed by atoms with E-state index in [1.807, 2.05) is 25.1 Å². The van der Waals surface area contributed by atoms with Crippen LogP contribution >= 0.6 is 11.6 Å². The molecule has 0 aliphatic carbocycles. The van der Waals surface area contributed by atoms with Gasteiger partial charge in [-0.05, 0) is 18.1 Å². The maximum absolute atomic E-state index is 12.1. The highest BCUT2D eigenvalue weighted by Crippen LogP contribution is 2.18. The van der Waals surface area contributed by atoms with Crippen LogP contribution in [0, 0.1) is 0 Å². The molecule has 0 aromatic heterocycles. The number of benzene rings is 1. The molecular formula is C13H15ClN2O2. The number of nitrogens with zero attached hydrogens (tertiary/aromatic N) is 1. The predicted octanol–water partition coefficient (Wildman–Crippen LogP) is 1.58. The summed E-state index contributed by atoms with van der Waals surface area (Å²) in [5.74, 6) is -0.162. The zero-order valence-corrected chi connectivity index (χ0v) is 10.9. The molecule has 1 heterocycles. The number of hydrogen-bond donors (Lipinski definition) is 1. The molecule has 1 saturated heterocycles. The molecule has 18 heavy (non-hydrogen) atoms. The maximum Gasteiger partial charge on any atom is 0.245 e. The van der Waals surface area contributed by atoms with E-state index < -0.39 is 6.04 Å². The zero-order valence-electron chi connectivity index (χ0n) is 10.1. The van der Waals surface area contributed by atoms with E-state index in [4.69, 9.17) is 11.6 Å². The molecule has 2 amide bonds. The van der Waals surface area contributed by atoms with Crippen LogP contribution in [0.1, 0.15) is 18.9 Å². The number of rotatable bonds is 3. The van der Waals surface area contributed by atoms with Crippen LogP contribution in [-0.2, 0) is 16.1 Å². The zero-order chi connectivity index (χ0) is 13.1. The second kappa shape index (κ2) is 5.40. The van der Waals surface area contributed by atoms with E-state index in [2.05, 4.69) is 5.32 Å². The van der Waals surface area contributed by atoms with Crippen LogP contribution in [0.15, 0.2) is 24.3 Å². The van der Waals surface area contributed by atoms with Crippen molar-refractivity contribution in [3.05, 3.63) is 34.9 Å². The lowest BCUT2D eigenvalue weighted by molar-refractivity contribution is -0.144. The lowest BCUT2D eigenvalue weighted by atomic mass is 10.1. The van der Waals surface area contributed by atoms with Gasteiger partial charge in [-0.2, -0.15) is 0 Å². The van der Waals surface area contributed by atoms with Crippen molar-refractivity contribution in [1.29, 1.82) is 0 Å². The summed E-state index contributed by atoms with van der Waals surface area (Å²) in [6, 6.07) is 6.94. The van der Waals surface area contributed by atoms with Crippen LogP contribution in [0.25, 0.3) is 0 Å². The van der Waals surface area contributed by atoms with Gasteiger partial charge in [-0.25, -0.2) is 0 Å². The SMILES string of the molecule is CCC1NC(=O)CN(Cc2ccccc2Cl)C1=O. The summed E-state index contributed by atoms with van der Waals surface area (Å²) >= 11 is 6.06. The van der Waals surface area contributed by atoms with Crippen LogP contribution in [0.5, 0.6) is 0 Å². The average molecular weight is 267 g/mol. The summed E-state index contributed by atoms with van der Waals surface area (Å²) in [7, 11) is 0. The Morgan fingerprint density at radius 1 is 1.39 bits per heavy atom. The van der Waals surface area contributed by atoms with Crippen LogP contribution in [-0.4, -0.2) is 29.3 Å². The van der Waals surface area contributed by atoms with Gasteiger partial charge in [-0.1, -0.05) is 36.7 Å². The highest BCUT2D eigenvalue weighted by atomic mass is 35.5. The highest BCUT2D eigenvalue weighted by Gasteiger charge is 2.31. The Kier molecular flexibility index (Phi) is 3.87. The molecule has 1 unspecified atom stereocenters. The normalized spacial score (nSPS) is 19.9. The third-order valence-corrected chi connectivity index (χ3v) is 3.38. The lowest BCUT2D eigenvalue weighted by Gasteiger charge is -2.32. The first-order valence-corrected chi connectivity index (χ1v) is 6.31. The van der Waals surface area contributed by atoms with E-state index >= 15 is 0 Å². The Morgan fingerprint density at radius 3 is 2.78 bits per heavy atom. The molecule has 96 valence electrons. The van der Waals surface area contributed by atoms with Gasteiger partial charge < -0.3 is 10.2 Å². The van der Waals surface area contributed by atoms with Crippen molar-refractivity contribution in [2.24, 2.45) is 0 Å². The van der Waals surface area contributed by atoms with Gasteiger partial charge in [0.15, 0.2) is 0 Å². The topological polar surface area (TPSA) is 49.4 Å². The molecule has 4 nitrogen and oxygen atoms in total. The molecule has 1 aliphatic heterocycles. The fourth-order valence-electron chi connectivity index (χ4n) is 2.02.